The molecule has 0 unspecified atom stereocenters. The van der Waals surface area contributed by atoms with Crippen LogP contribution in [0.25, 0.3) is 0 Å². The molecule has 1 amide bonds. The van der Waals surface area contributed by atoms with Crippen LogP contribution in [0.3, 0.4) is 0 Å². The first kappa shape index (κ1) is 23.8. The summed E-state index contributed by atoms with van der Waals surface area (Å²) in [6.07, 6.45) is 0. The average molecular weight is 455 g/mol. The summed E-state index contributed by atoms with van der Waals surface area (Å²) < 4.78 is 16.4. The van der Waals surface area contributed by atoms with Crippen molar-refractivity contribution in [2.24, 2.45) is 0 Å². The molecule has 0 atom stereocenters. The van der Waals surface area contributed by atoms with Gasteiger partial charge in [-0.05, 0) is 41.8 Å². The topological polar surface area (TPSA) is 60.9 Å². The lowest BCUT2D eigenvalue weighted by Gasteiger charge is -2.21. The zero-order valence-electron chi connectivity index (χ0n) is 19.0. The quantitative estimate of drug-likeness (QED) is 0.401. The zero-order valence-corrected chi connectivity index (χ0v) is 19.9. The number of hydrogen-bond donors (Lipinski definition) is 0. The molecule has 0 spiro atoms. The van der Waals surface area contributed by atoms with Crippen LogP contribution in [0.5, 0.6) is 11.5 Å². The molecule has 0 aliphatic rings. The first-order chi connectivity index (χ1) is 15.5. The average Bonchev–Trinajstić information content (AvgIpc) is 3.27. The van der Waals surface area contributed by atoms with Crippen molar-refractivity contribution in [3.63, 3.8) is 0 Å². The smallest absolute Gasteiger partial charge is 0.254 e. The lowest BCUT2D eigenvalue weighted by Crippen LogP contribution is -2.33. The van der Waals surface area contributed by atoms with E-state index in [0.29, 0.717) is 43.5 Å². The number of thiazole rings is 1. The second-order valence-corrected chi connectivity index (χ2v) is 8.60. The maximum Gasteiger partial charge on any atom is 0.254 e. The number of rotatable bonds is 11. The first-order valence-electron chi connectivity index (χ1n) is 10.6. The van der Waals surface area contributed by atoms with Gasteiger partial charge in [-0.1, -0.05) is 32.0 Å². The number of para-hydroxylation sites is 1. The molecule has 0 N–H and O–H groups in total. The molecule has 1 aromatic heterocycles. The molecular formula is C25H30N2O4S. The summed E-state index contributed by atoms with van der Waals surface area (Å²) in [7, 11) is 3.23. The summed E-state index contributed by atoms with van der Waals surface area (Å²) in [6, 6.07) is 15.2. The molecule has 3 rings (SSSR count). The number of hydrogen-bond acceptors (Lipinski definition) is 6. The van der Waals surface area contributed by atoms with E-state index in [1.165, 1.54) is 16.9 Å². The number of methoxy groups -OCH3 is 2. The Labute approximate surface area is 193 Å². The van der Waals surface area contributed by atoms with Gasteiger partial charge in [0.1, 0.15) is 23.1 Å². The maximum atomic E-state index is 13.1. The monoisotopic (exact) mass is 454 g/mol. The van der Waals surface area contributed by atoms with Crippen LogP contribution in [0.15, 0.2) is 53.9 Å². The largest absolute Gasteiger partial charge is 0.497 e. The molecule has 0 aliphatic heterocycles. The van der Waals surface area contributed by atoms with Crippen LogP contribution in [0.2, 0.25) is 0 Å². The predicted molar refractivity (Wildman–Crippen MR) is 127 cm³/mol. The molecule has 32 heavy (non-hydrogen) atoms. The summed E-state index contributed by atoms with van der Waals surface area (Å²) in [4.78, 5) is 19.5. The summed E-state index contributed by atoms with van der Waals surface area (Å²) in [5, 5.41) is 2.86. The number of nitrogens with zero attached hydrogens (tertiary/aromatic N) is 2. The second kappa shape index (κ2) is 11.6. The Bertz CT molecular complexity index is 1000. The maximum absolute atomic E-state index is 13.1. The molecule has 6 nitrogen and oxygen atoms in total. The fourth-order valence-corrected chi connectivity index (χ4v) is 3.98. The number of carbonyl (C=O) groups excluding carboxylic acids is 1. The molecule has 2 aromatic carbocycles. The molecule has 0 saturated carbocycles. The highest BCUT2D eigenvalue weighted by Gasteiger charge is 2.18. The van der Waals surface area contributed by atoms with E-state index in [1.54, 1.807) is 43.4 Å². The van der Waals surface area contributed by atoms with Gasteiger partial charge in [-0.3, -0.25) is 4.79 Å². The van der Waals surface area contributed by atoms with Crippen LogP contribution in [-0.4, -0.2) is 43.2 Å². The van der Waals surface area contributed by atoms with E-state index in [9.17, 15) is 4.79 Å². The molecule has 170 valence electrons. The van der Waals surface area contributed by atoms with Crippen molar-refractivity contribution in [2.75, 3.05) is 27.4 Å². The van der Waals surface area contributed by atoms with E-state index in [2.05, 4.69) is 24.9 Å². The number of ether oxygens (including phenoxy) is 3. The number of benzene rings is 2. The van der Waals surface area contributed by atoms with E-state index < -0.39 is 0 Å². The summed E-state index contributed by atoms with van der Waals surface area (Å²) in [5.74, 6) is 1.92. The van der Waals surface area contributed by atoms with Crippen LogP contribution in [0, 0.1) is 0 Å². The first-order valence-corrected chi connectivity index (χ1v) is 11.5. The third-order valence-electron chi connectivity index (χ3n) is 5.03. The Kier molecular flexibility index (Phi) is 8.64. The molecule has 0 bridgehead atoms. The van der Waals surface area contributed by atoms with Crippen LogP contribution in [0.4, 0.5) is 0 Å². The minimum Gasteiger partial charge on any atom is -0.497 e. The van der Waals surface area contributed by atoms with Crippen molar-refractivity contribution in [1.29, 1.82) is 0 Å². The third kappa shape index (κ3) is 6.31. The molecule has 3 aromatic rings. The van der Waals surface area contributed by atoms with Crippen LogP contribution >= 0.6 is 11.3 Å². The van der Waals surface area contributed by atoms with Crippen molar-refractivity contribution in [2.45, 2.75) is 32.9 Å². The van der Waals surface area contributed by atoms with Gasteiger partial charge in [0.25, 0.3) is 5.91 Å². The SMILES string of the molecule is COCCN(Cc1csc(COc2ccccc2C(C)C)n1)C(=O)c1ccc(OC)cc1. The van der Waals surface area contributed by atoms with Crippen LogP contribution < -0.4 is 9.47 Å². The van der Waals surface area contributed by atoms with Crippen molar-refractivity contribution in [1.82, 2.24) is 9.88 Å². The van der Waals surface area contributed by atoms with E-state index in [1.807, 2.05) is 23.6 Å². The normalized spacial score (nSPS) is 10.9. The fraction of sp³-hybridized carbons (Fsp3) is 0.360. The van der Waals surface area contributed by atoms with Gasteiger partial charge in [0.05, 0.1) is 26.0 Å². The van der Waals surface area contributed by atoms with Gasteiger partial charge in [-0.25, -0.2) is 4.98 Å². The Morgan fingerprint density at radius 3 is 2.53 bits per heavy atom. The molecule has 0 saturated heterocycles. The number of amides is 1. The summed E-state index contributed by atoms with van der Waals surface area (Å²) >= 11 is 1.54. The molecular weight excluding hydrogens is 424 g/mol. The van der Waals surface area contributed by atoms with Gasteiger partial charge in [0.2, 0.25) is 0 Å². The van der Waals surface area contributed by atoms with E-state index >= 15 is 0 Å². The van der Waals surface area contributed by atoms with Crippen molar-refractivity contribution < 1.29 is 19.0 Å². The lowest BCUT2D eigenvalue weighted by atomic mass is 10.0. The highest BCUT2D eigenvalue weighted by Crippen LogP contribution is 2.27. The lowest BCUT2D eigenvalue weighted by molar-refractivity contribution is 0.0678. The Morgan fingerprint density at radius 1 is 1.09 bits per heavy atom. The van der Waals surface area contributed by atoms with Gasteiger partial charge in [-0.2, -0.15) is 0 Å². The highest BCUT2D eigenvalue weighted by molar-refractivity contribution is 7.09. The van der Waals surface area contributed by atoms with E-state index in [-0.39, 0.29) is 5.91 Å². The molecule has 0 fully saturated rings. The van der Waals surface area contributed by atoms with Crippen molar-refractivity contribution >= 4 is 17.2 Å². The minimum absolute atomic E-state index is 0.0682. The standard InChI is InChI=1S/C25H30N2O4S/c1-18(2)22-7-5-6-8-23(22)31-16-24-26-20(17-32-24)15-27(13-14-29-3)25(28)19-9-11-21(30-4)12-10-19/h5-12,17-18H,13-16H2,1-4H3. The Hall–Kier alpha value is -2.90. The third-order valence-corrected chi connectivity index (χ3v) is 5.90. The van der Waals surface area contributed by atoms with Crippen LogP contribution in [0.1, 0.15) is 46.4 Å². The molecule has 7 heteroatoms. The summed E-state index contributed by atoms with van der Waals surface area (Å²) in [6.45, 7) is 6.04. The molecule has 0 radical (unpaired) electrons. The van der Waals surface area contributed by atoms with Gasteiger partial charge in [0, 0.05) is 24.6 Å². The Balaban J connectivity index is 1.66. The fourth-order valence-electron chi connectivity index (χ4n) is 3.28. The van der Waals surface area contributed by atoms with Crippen LogP contribution in [-0.2, 0) is 17.9 Å². The Morgan fingerprint density at radius 2 is 1.84 bits per heavy atom. The predicted octanol–water partition coefficient (Wildman–Crippen LogP) is 5.14. The van der Waals surface area contributed by atoms with Gasteiger partial charge >= 0.3 is 0 Å². The van der Waals surface area contributed by atoms with E-state index in [4.69, 9.17) is 14.2 Å². The number of aromatic nitrogens is 1. The second-order valence-electron chi connectivity index (χ2n) is 7.66. The van der Waals surface area contributed by atoms with Gasteiger partial charge in [-0.15, -0.1) is 11.3 Å². The number of carbonyl (C=O) groups is 1. The van der Waals surface area contributed by atoms with Gasteiger partial charge in [0.15, 0.2) is 0 Å². The molecule has 1 heterocycles. The highest BCUT2D eigenvalue weighted by atomic mass is 32.1. The van der Waals surface area contributed by atoms with Crippen molar-refractivity contribution in [3.8, 4) is 11.5 Å². The molecule has 0 aliphatic carbocycles. The van der Waals surface area contributed by atoms with Crippen molar-refractivity contribution in [3.05, 3.63) is 75.7 Å². The van der Waals surface area contributed by atoms with E-state index in [0.717, 1.165) is 16.5 Å². The minimum atomic E-state index is -0.0682. The van der Waals surface area contributed by atoms with Gasteiger partial charge < -0.3 is 19.1 Å². The zero-order chi connectivity index (χ0) is 22.9. The summed E-state index contributed by atoms with van der Waals surface area (Å²) in [5.41, 5.74) is 2.62.